The second-order valence-corrected chi connectivity index (χ2v) is 4.47. The minimum absolute atomic E-state index is 0.272. The Morgan fingerprint density at radius 2 is 2.46 bits per heavy atom. The fraction of sp³-hybridized carbons (Fsp3) is 0.700. The molecule has 0 amide bonds. The van der Waals surface area contributed by atoms with Crippen LogP contribution in [0.2, 0.25) is 0 Å². The maximum Gasteiger partial charge on any atom is 0.0527 e. The number of hydrogen-bond acceptors (Lipinski definition) is 2. The first kappa shape index (κ1) is 8.75. The van der Waals surface area contributed by atoms with Gasteiger partial charge in [-0.1, -0.05) is 6.92 Å². The molecule has 72 valence electrons. The fourth-order valence-corrected chi connectivity index (χ4v) is 2.28. The van der Waals surface area contributed by atoms with Crippen LogP contribution in [0, 0.1) is 0 Å². The van der Waals surface area contributed by atoms with Crippen LogP contribution in [-0.4, -0.2) is 15.8 Å². The molecule has 2 unspecified atom stereocenters. The van der Waals surface area contributed by atoms with Gasteiger partial charge in [-0.25, -0.2) is 0 Å². The number of aromatic nitrogens is 2. The summed E-state index contributed by atoms with van der Waals surface area (Å²) < 4.78 is 1.87. The summed E-state index contributed by atoms with van der Waals surface area (Å²) in [4.78, 5) is 0. The van der Waals surface area contributed by atoms with E-state index in [4.69, 9.17) is 5.73 Å². The van der Waals surface area contributed by atoms with Gasteiger partial charge >= 0.3 is 0 Å². The predicted octanol–water partition coefficient (Wildman–Crippen LogP) is 1.19. The van der Waals surface area contributed by atoms with Crippen LogP contribution in [-0.2, 0) is 12.5 Å². The maximum absolute atomic E-state index is 5.93. The molecule has 0 spiro atoms. The number of hydrogen-bond donors (Lipinski definition) is 1. The van der Waals surface area contributed by atoms with Gasteiger partial charge in [0.25, 0.3) is 0 Å². The van der Waals surface area contributed by atoms with Crippen molar-refractivity contribution in [2.75, 3.05) is 0 Å². The second-order valence-electron chi connectivity index (χ2n) is 4.47. The lowest BCUT2D eigenvalue weighted by molar-refractivity contribution is 0.481. The lowest BCUT2D eigenvalue weighted by Crippen LogP contribution is -2.22. The van der Waals surface area contributed by atoms with Gasteiger partial charge in [0.15, 0.2) is 0 Å². The molecule has 3 heteroatoms. The first-order valence-electron chi connectivity index (χ1n) is 4.85. The highest BCUT2D eigenvalue weighted by Crippen LogP contribution is 2.39. The van der Waals surface area contributed by atoms with Crippen LogP contribution in [0.25, 0.3) is 0 Å². The Morgan fingerprint density at radius 3 is 2.92 bits per heavy atom. The lowest BCUT2D eigenvalue weighted by Gasteiger charge is -2.21. The van der Waals surface area contributed by atoms with Crippen LogP contribution >= 0.6 is 0 Å². The van der Waals surface area contributed by atoms with E-state index >= 15 is 0 Å². The minimum Gasteiger partial charge on any atom is -0.328 e. The molecule has 0 aromatic carbocycles. The Balaban J connectivity index is 2.25. The zero-order valence-corrected chi connectivity index (χ0v) is 8.33. The number of nitrogens with zero attached hydrogens (tertiary/aromatic N) is 2. The second kappa shape index (κ2) is 2.84. The Kier molecular flexibility index (Phi) is 1.91. The molecule has 0 aliphatic heterocycles. The van der Waals surface area contributed by atoms with Crippen LogP contribution in [0.4, 0.5) is 0 Å². The topological polar surface area (TPSA) is 43.8 Å². The van der Waals surface area contributed by atoms with Crippen molar-refractivity contribution >= 4 is 0 Å². The monoisotopic (exact) mass is 179 g/mol. The van der Waals surface area contributed by atoms with Gasteiger partial charge < -0.3 is 5.73 Å². The molecule has 0 saturated heterocycles. The molecule has 0 bridgehead atoms. The summed E-state index contributed by atoms with van der Waals surface area (Å²) in [5, 5.41) is 4.21. The zero-order valence-electron chi connectivity index (χ0n) is 8.33. The molecule has 0 radical (unpaired) electrons. The largest absolute Gasteiger partial charge is 0.328 e. The van der Waals surface area contributed by atoms with Gasteiger partial charge in [0.05, 0.1) is 6.20 Å². The number of nitrogens with two attached hydrogens (primary N) is 1. The third-order valence-electron chi connectivity index (χ3n) is 3.18. The van der Waals surface area contributed by atoms with Crippen LogP contribution in [0.5, 0.6) is 0 Å². The fourth-order valence-electron chi connectivity index (χ4n) is 2.28. The molecule has 1 saturated carbocycles. The molecule has 3 nitrogen and oxygen atoms in total. The van der Waals surface area contributed by atoms with Gasteiger partial charge in [-0.15, -0.1) is 0 Å². The summed E-state index contributed by atoms with van der Waals surface area (Å²) in [6, 6.07) is 0.380. The van der Waals surface area contributed by atoms with E-state index in [0.717, 1.165) is 12.8 Å². The SMILES string of the molecule is Cn1cc(C2(C)CCC(N)C2)cn1. The van der Waals surface area contributed by atoms with Crippen LogP contribution in [0.15, 0.2) is 12.4 Å². The van der Waals surface area contributed by atoms with Crippen molar-refractivity contribution in [3.63, 3.8) is 0 Å². The average Bonchev–Trinajstić information content (AvgIpc) is 2.60. The predicted molar refractivity (Wildman–Crippen MR) is 52.4 cm³/mol. The Labute approximate surface area is 78.9 Å². The molecule has 2 N–H and O–H groups in total. The van der Waals surface area contributed by atoms with Crippen molar-refractivity contribution in [2.45, 2.75) is 37.6 Å². The number of aryl methyl sites for hydroxylation is 1. The van der Waals surface area contributed by atoms with Gasteiger partial charge in [-0.05, 0) is 30.2 Å². The van der Waals surface area contributed by atoms with Gasteiger partial charge in [0.2, 0.25) is 0 Å². The van der Waals surface area contributed by atoms with Crippen LogP contribution in [0.3, 0.4) is 0 Å². The van der Waals surface area contributed by atoms with E-state index in [2.05, 4.69) is 18.2 Å². The van der Waals surface area contributed by atoms with Gasteiger partial charge in [-0.2, -0.15) is 5.10 Å². The van der Waals surface area contributed by atoms with Gasteiger partial charge in [0.1, 0.15) is 0 Å². The Bertz CT molecular complexity index is 305. The normalized spacial score (nSPS) is 33.9. The molecule has 1 heterocycles. The standard InChI is InChI=1S/C10H17N3/c1-10(4-3-9(11)5-10)8-6-12-13(2)7-8/h6-7,9H,3-5,11H2,1-2H3. The van der Waals surface area contributed by atoms with Crippen molar-refractivity contribution in [2.24, 2.45) is 12.8 Å². The summed E-state index contributed by atoms with van der Waals surface area (Å²) in [6.45, 7) is 2.29. The van der Waals surface area contributed by atoms with E-state index in [-0.39, 0.29) is 5.41 Å². The molecule has 1 aliphatic carbocycles. The summed E-state index contributed by atoms with van der Waals surface area (Å²) in [5.74, 6) is 0. The first-order chi connectivity index (χ1) is 6.10. The van der Waals surface area contributed by atoms with E-state index in [9.17, 15) is 0 Å². The summed E-state index contributed by atoms with van der Waals surface area (Å²) in [5.41, 5.74) is 7.53. The van der Waals surface area contributed by atoms with E-state index in [0.29, 0.717) is 6.04 Å². The summed E-state index contributed by atoms with van der Waals surface area (Å²) in [7, 11) is 1.96. The van der Waals surface area contributed by atoms with E-state index in [1.807, 2.05) is 17.9 Å². The zero-order chi connectivity index (χ0) is 9.47. The summed E-state index contributed by atoms with van der Waals surface area (Å²) in [6.07, 6.45) is 7.51. The van der Waals surface area contributed by atoms with Gasteiger partial charge in [0, 0.05) is 19.3 Å². The highest BCUT2D eigenvalue weighted by molar-refractivity contribution is 5.20. The maximum atomic E-state index is 5.93. The average molecular weight is 179 g/mol. The molecule has 2 atom stereocenters. The third kappa shape index (κ3) is 1.48. The number of rotatable bonds is 1. The Hall–Kier alpha value is -0.830. The van der Waals surface area contributed by atoms with Crippen molar-refractivity contribution < 1.29 is 0 Å². The quantitative estimate of drug-likeness (QED) is 0.703. The molecule has 1 aromatic rings. The third-order valence-corrected chi connectivity index (χ3v) is 3.18. The molecule has 1 aliphatic rings. The van der Waals surface area contributed by atoms with E-state index < -0.39 is 0 Å². The van der Waals surface area contributed by atoms with Crippen molar-refractivity contribution in [3.8, 4) is 0 Å². The molecule has 13 heavy (non-hydrogen) atoms. The van der Waals surface area contributed by atoms with E-state index in [1.165, 1.54) is 12.0 Å². The minimum atomic E-state index is 0.272. The highest BCUT2D eigenvalue weighted by atomic mass is 15.2. The van der Waals surface area contributed by atoms with Gasteiger partial charge in [-0.3, -0.25) is 4.68 Å². The summed E-state index contributed by atoms with van der Waals surface area (Å²) >= 11 is 0. The molecule has 1 aromatic heterocycles. The molecule has 1 fully saturated rings. The molecular weight excluding hydrogens is 162 g/mol. The van der Waals surface area contributed by atoms with Crippen LogP contribution < -0.4 is 5.73 Å². The first-order valence-corrected chi connectivity index (χ1v) is 4.85. The smallest absolute Gasteiger partial charge is 0.0527 e. The highest BCUT2D eigenvalue weighted by Gasteiger charge is 2.35. The van der Waals surface area contributed by atoms with Crippen molar-refractivity contribution in [1.29, 1.82) is 0 Å². The van der Waals surface area contributed by atoms with E-state index in [1.54, 1.807) is 0 Å². The molecular formula is C10H17N3. The van der Waals surface area contributed by atoms with Crippen molar-refractivity contribution in [3.05, 3.63) is 18.0 Å². The van der Waals surface area contributed by atoms with Crippen molar-refractivity contribution in [1.82, 2.24) is 9.78 Å². The lowest BCUT2D eigenvalue weighted by atomic mass is 9.83. The Morgan fingerprint density at radius 1 is 1.69 bits per heavy atom. The molecule has 2 rings (SSSR count). The van der Waals surface area contributed by atoms with Crippen LogP contribution in [0.1, 0.15) is 31.7 Å².